The molecule has 1 aromatic heterocycles. The predicted octanol–water partition coefficient (Wildman–Crippen LogP) is 5.03. The van der Waals surface area contributed by atoms with Crippen LogP contribution in [0.5, 0.6) is 11.5 Å². The monoisotopic (exact) mass is 426 g/mol. The average molecular weight is 427 g/mol. The minimum atomic E-state index is 0.501. The topological polar surface area (TPSA) is 43.4 Å². The number of benzene rings is 2. The van der Waals surface area contributed by atoms with Gasteiger partial charge in [-0.3, -0.25) is 4.98 Å². The van der Waals surface area contributed by atoms with Crippen LogP contribution in [0.2, 0.25) is 0 Å². The Balaban J connectivity index is 1.66. The first-order valence-corrected chi connectivity index (χ1v) is 9.60. The van der Waals surface area contributed by atoms with Crippen molar-refractivity contribution in [3.8, 4) is 11.5 Å². The molecule has 0 aliphatic rings. The summed E-state index contributed by atoms with van der Waals surface area (Å²) >= 11 is 3.63. The van der Waals surface area contributed by atoms with Crippen molar-refractivity contribution in [3.05, 3.63) is 87.7 Å². The zero-order chi connectivity index (χ0) is 19.1. The first-order valence-electron chi connectivity index (χ1n) is 8.80. The molecule has 0 radical (unpaired) electrons. The number of nitrogens with one attached hydrogen (secondary N) is 1. The molecule has 2 aromatic carbocycles. The van der Waals surface area contributed by atoms with Crippen molar-refractivity contribution in [1.82, 2.24) is 10.3 Å². The van der Waals surface area contributed by atoms with Crippen LogP contribution in [-0.4, -0.2) is 12.1 Å². The highest BCUT2D eigenvalue weighted by molar-refractivity contribution is 9.10. The average Bonchev–Trinajstić information content (AvgIpc) is 2.69. The van der Waals surface area contributed by atoms with E-state index in [1.807, 2.05) is 30.3 Å². The lowest BCUT2D eigenvalue weighted by Crippen LogP contribution is -2.13. The second-order valence-electron chi connectivity index (χ2n) is 6.28. The van der Waals surface area contributed by atoms with Crippen LogP contribution >= 0.6 is 15.9 Å². The highest BCUT2D eigenvalue weighted by Crippen LogP contribution is 2.37. The fourth-order valence-corrected chi connectivity index (χ4v) is 3.39. The molecule has 0 aliphatic heterocycles. The van der Waals surface area contributed by atoms with E-state index in [0.717, 1.165) is 40.2 Å². The molecule has 27 heavy (non-hydrogen) atoms. The number of halogens is 1. The molecule has 0 atom stereocenters. The van der Waals surface area contributed by atoms with Gasteiger partial charge in [-0.05, 0) is 69.4 Å². The van der Waals surface area contributed by atoms with Gasteiger partial charge in [-0.1, -0.05) is 24.3 Å². The molecule has 0 amide bonds. The van der Waals surface area contributed by atoms with Gasteiger partial charge in [-0.15, -0.1) is 0 Å². The Morgan fingerprint density at radius 3 is 2.48 bits per heavy atom. The molecule has 0 spiro atoms. The molecule has 0 saturated carbocycles. The fourth-order valence-electron chi connectivity index (χ4n) is 2.79. The summed E-state index contributed by atoms with van der Waals surface area (Å²) in [6.07, 6.45) is 3.61. The molecule has 0 fully saturated rings. The number of ether oxygens (including phenoxy) is 2. The lowest BCUT2D eigenvalue weighted by molar-refractivity contribution is 0.281. The highest BCUT2D eigenvalue weighted by atomic mass is 79.9. The van der Waals surface area contributed by atoms with Gasteiger partial charge in [-0.25, -0.2) is 0 Å². The Bertz CT molecular complexity index is 885. The molecule has 3 aromatic rings. The summed E-state index contributed by atoms with van der Waals surface area (Å²) in [5, 5.41) is 3.44. The van der Waals surface area contributed by atoms with E-state index in [1.54, 1.807) is 19.5 Å². The summed E-state index contributed by atoms with van der Waals surface area (Å²) in [4.78, 5) is 4.04. The molecule has 4 nitrogen and oxygen atoms in total. The molecule has 0 saturated heterocycles. The van der Waals surface area contributed by atoms with Crippen molar-refractivity contribution in [2.75, 3.05) is 7.11 Å². The third-order valence-corrected chi connectivity index (χ3v) is 4.92. The molecule has 0 aliphatic carbocycles. The van der Waals surface area contributed by atoms with E-state index in [0.29, 0.717) is 6.61 Å². The molecule has 1 N–H and O–H groups in total. The summed E-state index contributed by atoms with van der Waals surface area (Å²) < 4.78 is 12.5. The number of hydrogen-bond acceptors (Lipinski definition) is 4. The SMILES string of the molecule is COc1cc(CNCc2ccncc2)cc(Br)c1OCc1ccccc1C. The van der Waals surface area contributed by atoms with Gasteiger partial charge in [0.15, 0.2) is 11.5 Å². The van der Waals surface area contributed by atoms with Crippen LogP contribution in [-0.2, 0) is 19.7 Å². The number of rotatable bonds is 8. The number of aryl methyl sites for hydroxylation is 1. The minimum Gasteiger partial charge on any atom is -0.493 e. The van der Waals surface area contributed by atoms with E-state index in [2.05, 4.69) is 51.4 Å². The van der Waals surface area contributed by atoms with E-state index < -0.39 is 0 Å². The highest BCUT2D eigenvalue weighted by Gasteiger charge is 2.12. The van der Waals surface area contributed by atoms with Crippen LogP contribution in [0.3, 0.4) is 0 Å². The van der Waals surface area contributed by atoms with Gasteiger partial charge in [0.05, 0.1) is 11.6 Å². The lowest BCUT2D eigenvalue weighted by atomic mass is 10.1. The Kier molecular flexibility index (Phi) is 6.85. The van der Waals surface area contributed by atoms with Crippen molar-refractivity contribution in [3.63, 3.8) is 0 Å². The molecule has 140 valence electrons. The quantitative estimate of drug-likeness (QED) is 0.548. The van der Waals surface area contributed by atoms with Crippen molar-refractivity contribution in [2.24, 2.45) is 0 Å². The van der Waals surface area contributed by atoms with Gasteiger partial charge in [0.2, 0.25) is 0 Å². The first kappa shape index (κ1) is 19.4. The smallest absolute Gasteiger partial charge is 0.175 e. The van der Waals surface area contributed by atoms with Gasteiger partial charge >= 0.3 is 0 Å². The second kappa shape index (κ2) is 9.53. The maximum Gasteiger partial charge on any atom is 0.175 e. The van der Waals surface area contributed by atoms with Crippen molar-refractivity contribution in [2.45, 2.75) is 26.6 Å². The van der Waals surface area contributed by atoms with Gasteiger partial charge in [0, 0.05) is 25.5 Å². The molecule has 3 rings (SSSR count). The molecular formula is C22H23BrN2O2. The van der Waals surface area contributed by atoms with Crippen molar-refractivity contribution in [1.29, 1.82) is 0 Å². The largest absolute Gasteiger partial charge is 0.493 e. The zero-order valence-electron chi connectivity index (χ0n) is 15.5. The van der Waals surface area contributed by atoms with E-state index in [-0.39, 0.29) is 0 Å². The molecule has 1 heterocycles. The summed E-state index contributed by atoms with van der Waals surface area (Å²) in [6.45, 7) is 4.10. The molecule has 5 heteroatoms. The summed E-state index contributed by atoms with van der Waals surface area (Å²) in [5.41, 5.74) is 4.70. The lowest BCUT2D eigenvalue weighted by Gasteiger charge is -2.15. The molecule has 0 unspecified atom stereocenters. The number of aromatic nitrogens is 1. The van der Waals surface area contributed by atoms with Gasteiger partial charge in [-0.2, -0.15) is 0 Å². The Morgan fingerprint density at radius 2 is 1.74 bits per heavy atom. The second-order valence-corrected chi connectivity index (χ2v) is 7.14. The third-order valence-electron chi connectivity index (χ3n) is 4.33. The fraction of sp³-hybridized carbons (Fsp3) is 0.227. The number of nitrogens with zero attached hydrogens (tertiary/aromatic N) is 1. The number of pyridine rings is 1. The summed E-state index contributed by atoms with van der Waals surface area (Å²) in [6, 6.07) is 16.3. The van der Waals surface area contributed by atoms with E-state index in [9.17, 15) is 0 Å². The summed E-state index contributed by atoms with van der Waals surface area (Å²) in [7, 11) is 1.66. The Morgan fingerprint density at radius 1 is 1.00 bits per heavy atom. The van der Waals surface area contributed by atoms with Gasteiger partial charge < -0.3 is 14.8 Å². The molecule has 0 bridgehead atoms. The van der Waals surface area contributed by atoms with Crippen LogP contribution in [0.4, 0.5) is 0 Å². The van der Waals surface area contributed by atoms with Crippen LogP contribution in [0.25, 0.3) is 0 Å². The Hall–Kier alpha value is -2.37. The van der Waals surface area contributed by atoms with E-state index in [4.69, 9.17) is 9.47 Å². The predicted molar refractivity (Wildman–Crippen MR) is 111 cm³/mol. The third kappa shape index (κ3) is 5.31. The van der Waals surface area contributed by atoms with Crippen LogP contribution in [0.15, 0.2) is 65.4 Å². The maximum atomic E-state index is 6.06. The van der Waals surface area contributed by atoms with Crippen LogP contribution in [0, 0.1) is 6.92 Å². The van der Waals surface area contributed by atoms with E-state index in [1.165, 1.54) is 11.1 Å². The van der Waals surface area contributed by atoms with Crippen molar-refractivity contribution >= 4 is 15.9 Å². The number of methoxy groups -OCH3 is 1. The number of hydrogen-bond donors (Lipinski definition) is 1. The van der Waals surface area contributed by atoms with Gasteiger partial charge in [0.25, 0.3) is 0 Å². The zero-order valence-corrected chi connectivity index (χ0v) is 17.1. The minimum absolute atomic E-state index is 0.501. The van der Waals surface area contributed by atoms with Crippen LogP contribution < -0.4 is 14.8 Å². The summed E-state index contributed by atoms with van der Waals surface area (Å²) in [5.74, 6) is 1.44. The molecular weight excluding hydrogens is 404 g/mol. The van der Waals surface area contributed by atoms with Crippen molar-refractivity contribution < 1.29 is 9.47 Å². The van der Waals surface area contributed by atoms with Crippen LogP contribution in [0.1, 0.15) is 22.3 Å². The maximum absolute atomic E-state index is 6.06. The Labute approximate surface area is 168 Å². The van der Waals surface area contributed by atoms with E-state index >= 15 is 0 Å². The standard InChI is InChI=1S/C22H23BrN2O2/c1-16-5-3-4-6-19(16)15-27-22-20(23)11-18(12-21(22)26-2)14-25-13-17-7-9-24-10-8-17/h3-12,25H,13-15H2,1-2H3. The van der Waals surface area contributed by atoms with Gasteiger partial charge in [0.1, 0.15) is 6.61 Å². The normalized spacial score (nSPS) is 10.6. The first-order chi connectivity index (χ1) is 13.2.